The summed E-state index contributed by atoms with van der Waals surface area (Å²) in [6.07, 6.45) is 0.0574. The van der Waals surface area contributed by atoms with Crippen LogP contribution in [0, 0.1) is 0 Å². The molecule has 1 heterocycles. The summed E-state index contributed by atoms with van der Waals surface area (Å²) in [6.45, 7) is 3.87. The average Bonchev–Trinajstić information content (AvgIpc) is 2.80. The maximum Gasteiger partial charge on any atom is 0.271 e. The van der Waals surface area contributed by atoms with Gasteiger partial charge in [-0.3, -0.25) is 4.79 Å². The molecule has 0 aliphatic heterocycles. The van der Waals surface area contributed by atoms with Gasteiger partial charge in [-0.2, -0.15) is 15.4 Å². The van der Waals surface area contributed by atoms with Crippen LogP contribution in [-0.2, 0) is 0 Å². The maximum absolute atomic E-state index is 11.3. The molecule has 100 valence electrons. The largest absolute Gasteiger partial charge is 0.491 e. The van der Waals surface area contributed by atoms with Crippen LogP contribution < -0.4 is 10.5 Å². The van der Waals surface area contributed by atoms with Gasteiger partial charge < -0.3 is 10.5 Å². The van der Waals surface area contributed by atoms with Gasteiger partial charge in [0.05, 0.1) is 6.10 Å². The maximum atomic E-state index is 11.3. The van der Waals surface area contributed by atoms with Gasteiger partial charge in [0.15, 0.2) is 5.69 Å². The van der Waals surface area contributed by atoms with E-state index in [2.05, 4.69) is 31.3 Å². The number of halogens is 1. The minimum Gasteiger partial charge on any atom is -0.491 e. The van der Waals surface area contributed by atoms with Crippen molar-refractivity contribution in [1.82, 2.24) is 15.4 Å². The minimum absolute atomic E-state index is 0.0574. The summed E-state index contributed by atoms with van der Waals surface area (Å²) in [5.41, 5.74) is 6.45. The first-order chi connectivity index (χ1) is 8.99. The number of nitrogens with one attached hydrogen (secondary N) is 1. The van der Waals surface area contributed by atoms with E-state index in [1.54, 1.807) is 6.07 Å². The van der Waals surface area contributed by atoms with E-state index in [4.69, 9.17) is 10.5 Å². The average molecular weight is 325 g/mol. The van der Waals surface area contributed by atoms with Crippen molar-refractivity contribution in [2.24, 2.45) is 5.73 Å². The fourth-order valence-electron chi connectivity index (χ4n) is 1.62. The van der Waals surface area contributed by atoms with Crippen molar-refractivity contribution in [3.63, 3.8) is 0 Å². The van der Waals surface area contributed by atoms with Gasteiger partial charge in [-0.15, -0.1) is 0 Å². The summed E-state index contributed by atoms with van der Waals surface area (Å²) in [6, 6.07) is 5.44. The number of amides is 1. The molecule has 0 saturated heterocycles. The van der Waals surface area contributed by atoms with Gasteiger partial charge in [-0.05, 0) is 32.0 Å². The topological polar surface area (TPSA) is 93.9 Å². The first-order valence-corrected chi connectivity index (χ1v) is 6.45. The van der Waals surface area contributed by atoms with Gasteiger partial charge in [0.1, 0.15) is 11.4 Å². The van der Waals surface area contributed by atoms with Crippen molar-refractivity contribution in [3.05, 3.63) is 28.4 Å². The molecule has 7 heteroatoms. The van der Waals surface area contributed by atoms with Crippen molar-refractivity contribution >= 4 is 21.8 Å². The van der Waals surface area contributed by atoms with Crippen molar-refractivity contribution < 1.29 is 9.53 Å². The smallest absolute Gasteiger partial charge is 0.271 e. The second kappa shape index (κ2) is 5.40. The Labute approximate surface area is 118 Å². The third-order valence-electron chi connectivity index (χ3n) is 2.35. The summed E-state index contributed by atoms with van der Waals surface area (Å²) >= 11 is 3.41. The van der Waals surface area contributed by atoms with Crippen molar-refractivity contribution in [2.75, 3.05) is 0 Å². The number of nitrogens with two attached hydrogens (primary N) is 1. The van der Waals surface area contributed by atoms with Crippen LogP contribution in [0.15, 0.2) is 22.7 Å². The molecule has 0 aliphatic carbocycles. The standard InChI is InChI=1S/C12H13BrN4O2/c1-6(2)19-7-3-4-9(13)8(5-7)10-11(12(14)18)16-17-15-10/h3-6H,1-2H3,(H2,14,18)(H,15,16,17). The third-order valence-corrected chi connectivity index (χ3v) is 3.04. The van der Waals surface area contributed by atoms with E-state index < -0.39 is 5.91 Å². The van der Waals surface area contributed by atoms with Crippen LogP contribution in [0.3, 0.4) is 0 Å². The molecule has 0 radical (unpaired) electrons. The Hall–Kier alpha value is -1.89. The van der Waals surface area contributed by atoms with E-state index >= 15 is 0 Å². The Morgan fingerprint density at radius 2 is 2.16 bits per heavy atom. The van der Waals surface area contributed by atoms with Crippen molar-refractivity contribution in [1.29, 1.82) is 0 Å². The number of ether oxygens (including phenoxy) is 1. The number of H-pyrrole nitrogens is 1. The Bertz CT molecular complexity index is 610. The zero-order chi connectivity index (χ0) is 14.0. The zero-order valence-electron chi connectivity index (χ0n) is 10.5. The van der Waals surface area contributed by atoms with Crippen LogP contribution in [-0.4, -0.2) is 27.4 Å². The molecular formula is C12H13BrN4O2. The molecule has 0 atom stereocenters. The number of hydrogen-bond acceptors (Lipinski definition) is 4. The first kappa shape index (κ1) is 13.5. The fraction of sp³-hybridized carbons (Fsp3) is 0.250. The van der Waals surface area contributed by atoms with Gasteiger partial charge in [0, 0.05) is 10.0 Å². The monoisotopic (exact) mass is 324 g/mol. The molecular weight excluding hydrogens is 312 g/mol. The third kappa shape index (κ3) is 2.93. The lowest BCUT2D eigenvalue weighted by Crippen LogP contribution is -2.13. The Kier molecular flexibility index (Phi) is 3.84. The predicted octanol–water partition coefficient (Wildman–Crippen LogP) is 2.12. The number of benzene rings is 1. The lowest BCUT2D eigenvalue weighted by molar-refractivity contribution is 0.0996. The number of rotatable bonds is 4. The molecule has 2 rings (SSSR count). The van der Waals surface area contributed by atoms with Gasteiger partial charge in [0.2, 0.25) is 0 Å². The highest BCUT2D eigenvalue weighted by Crippen LogP contribution is 2.32. The lowest BCUT2D eigenvalue weighted by Gasteiger charge is -2.11. The fourth-order valence-corrected chi connectivity index (χ4v) is 2.06. The van der Waals surface area contributed by atoms with Crippen LogP contribution in [0.25, 0.3) is 11.3 Å². The Morgan fingerprint density at radius 1 is 1.42 bits per heavy atom. The predicted molar refractivity (Wildman–Crippen MR) is 73.8 cm³/mol. The molecule has 1 aromatic carbocycles. The van der Waals surface area contributed by atoms with E-state index in [1.165, 1.54) is 0 Å². The molecule has 1 aromatic heterocycles. The van der Waals surface area contributed by atoms with Gasteiger partial charge in [-0.1, -0.05) is 15.9 Å². The summed E-state index contributed by atoms with van der Waals surface area (Å²) in [5, 5.41) is 10.1. The highest BCUT2D eigenvalue weighted by atomic mass is 79.9. The summed E-state index contributed by atoms with van der Waals surface area (Å²) in [4.78, 5) is 11.3. The second-order valence-corrected chi connectivity index (χ2v) is 5.05. The quantitative estimate of drug-likeness (QED) is 0.900. The van der Waals surface area contributed by atoms with Crippen LogP contribution in [0.5, 0.6) is 5.75 Å². The van der Waals surface area contributed by atoms with E-state index in [9.17, 15) is 4.79 Å². The van der Waals surface area contributed by atoms with E-state index in [-0.39, 0.29) is 11.8 Å². The minimum atomic E-state index is -0.633. The number of aromatic nitrogens is 3. The van der Waals surface area contributed by atoms with Crippen LogP contribution in [0.2, 0.25) is 0 Å². The SMILES string of the molecule is CC(C)Oc1ccc(Br)c(-c2n[nH]nc2C(N)=O)c1. The molecule has 3 N–H and O–H groups in total. The summed E-state index contributed by atoms with van der Waals surface area (Å²) in [7, 11) is 0. The molecule has 0 bridgehead atoms. The molecule has 0 fully saturated rings. The molecule has 2 aromatic rings. The number of primary amides is 1. The second-order valence-electron chi connectivity index (χ2n) is 4.19. The summed E-state index contributed by atoms with van der Waals surface area (Å²) < 4.78 is 6.39. The van der Waals surface area contributed by atoms with Crippen LogP contribution >= 0.6 is 15.9 Å². The number of nitrogens with zero attached hydrogens (tertiary/aromatic N) is 2. The Balaban J connectivity index is 2.48. The van der Waals surface area contributed by atoms with Gasteiger partial charge in [0.25, 0.3) is 5.91 Å². The highest BCUT2D eigenvalue weighted by Gasteiger charge is 2.18. The molecule has 0 aliphatic rings. The number of carbonyl (C=O) groups excluding carboxylic acids is 1. The highest BCUT2D eigenvalue weighted by molar-refractivity contribution is 9.10. The Morgan fingerprint density at radius 3 is 2.79 bits per heavy atom. The van der Waals surface area contributed by atoms with Crippen molar-refractivity contribution in [2.45, 2.75) is 20.0 Å². The molecule has 19 heavy (non-hydrogen) atoms. The van der Waals surface area contributed by atoms with Crippen LogP contribution in [0.1, 0.15) is 24.3 Å². The summed E-state index contributed by atoms with van der Waals surface area (Å²) in [5.74, 6) is 0.0532. The molecule has 6 nitrogen and oxygen atoms in total. The van der Waals surface area contributed by atoms with E-state index in [0.29, 0.717) is 17.0 Å². The van der Waals surface area contributed by atoms with Crippen molar-refractivity contribution in [3.8, 4) is 17.0 Å². The van der Waals surface area contributed by atoms with E-state index in [0.717, 1.165) is 4.47 Å². The normalized spacial score (nSPS) is 10.7. The van der Waals surface area contributed by atoms with Gasteiger partial charge in [-0.25, -0.2) is 0 Å². The lowest BCUT2D eigenvalue weighted by atomic mass is 10.1. The molecule has 0 saturated carbocycles. The number of carbonyl (C=O) groups is 1. The molecule has 0 unspecified atom stereocenters. The van der Waals surface area contributed by atoms with E-state index in [1.807, 2.05) is 26.0 Å². The van der Waals surface area contributed by atoms with Gasteiger partial charge >= 0.3 is 0 Å². The molecule has 0 spiro atoms. The first-order valence-electron chi connectivity index (χ1n) is 5.66. The number of hydrogen-bond donors (Lipinski definition) is 2. The van der Waals surface area contributed by atoms with Crippen LogP contribution in [0.4, 0.5) is 0 Å². The molecule has 1 amide bonds. The number of aromatic amines is 1. The zero-order valence-corrected chi connectivity index (χ0v) is 12.1.